The van der Waals surface area contributed by atoms with E-state index in [-0.39, 0.29) is 29.7 Å². The van der Waals surface area contributed by atoms with Crippen LogP contribution in [0, 0.1) is 0 Å². The van der Waals surface area contributed by atoms with Crippen molar-refractivity contribution in [3.63, 3.8) is 0 Å². The molecule has 8 nitrogen and oxygen atoms in total. The first kappa shape index (κ1) is 30.8. The second-order valence-electron chi connectivity index (χ2n) is 9.51. The number of benzene rings is 3. The average Bonchev–Trinajstić information content (AvgIpc) is 2.97. The molecule has 0 aliphatic rings. The zero-order chi connectivity index (χ0) is 29.0. The van der Waals surface area contributed by atoms with Crippen molar-refractivity contribution in [2.24, 2.45) is 0 Å². The largest absolute Gasteiger partial charge is 0.497 e. The molecule has 0 saturated heterocycles. The van der Waals surface area contributed by atoms with Gasteiger partial charge < -0.3 is 15.0 Å². The van der Waals surface area contributed by atoms with Gasteiger partial charge in [0.25, 0.3) is 0 Å². The summed E-state index contributed by atoms with van der Waals surface area (Å²) in [7, 11) is -1.95. The minimum atomic E-state index is -3.55. The Morgan fingerprint density at radius 3 is 2.12 bits per heavy atom. The highest BCUT2D eigenvalue weighted by atomic mass is 32.2. The molecule has 1 atom stereocenters. The summed E-state index contributed by atoms with van der Waals surface area (Å²) in [6.45, 7) is 4.81. The van der Waals surface area contributed by atoms with Crippen LogP contribution < -0.4 is 14.8 Å². The Bertz CT molecular complexity index is 1330. The fourth-order valence-corrected chi connectivity index (χ4v) is 5.39. The van der Waals surface area contributed by atoms with E-state index >= 15 is 0 Å². The van der Waals surface area contributed by atoms with Gasteiger partial charge in [-0.2, -0.15) is 0 Å². The van der Waals surface area contributed by atoms with Gasteiger partial charge in [-0.15, -0.1) is 0 Å². The summed E-state index contributed by atoms with van der Waals surface area (Å²) < 4.78 is 32.3. The maximum Gasteiger partial charge on any atom is 0.243 e. The van der Waals surface area contributed by atoms with Crippen molar-refractivity contribution in [2.45, 2.75) is 57.0 Å². The summed E-state index contributed by atoms with van der Waals surface area (Å²) in [6, 6.07) is 23.0. The number of carbonyl (C=O) groups excluding carboxylic acids is 2. The molecule has 9 heteroatoms. The third-order valence-electron chi connectivity index (χ3n) is 6.53. The molecule has 0 spiro atoms. The van der Waals surface area contributed by atoms with Gasteiger partial charge in [0.1, 0.15) is 11.8 Å². The summed E-state index contributed by atoms with van der Waals surface area (Å²) >= 11 is 0. The number of aryl methyl sites for hydroxylation is 1. The number of carbonyl (C=O) groups is 2. The Balaban J connectivity index is 1.86. The Kier molecular flexibility index (Phi) is 11.7. The average molecular weight is 566 g/mol. The lowest BCUT2D eigenvalue weighted by atomic mass is 10.0. The van der Waals surface area contributed by atoms with Crippen molar-refractivity contribution >= 4 is 21.8 Å². The number of hydrogen-bond donors (Lipinski definition) is 2. The number of hydrogen-bond acceptors (Lipinski definition) is 5. The molecule has 0 aliphatic heterocycles. The highest BCUT2D eigenvalue weighted by Crippen LogP contribution is 2.19. The van der Waals surface area contributed by atoms with E-state index in [0.29, 0.717) is 31.7 Å². The third-order valence-corrected chi connectivity index (χ3v) is 8.09. The number of ether oxygens (including phenoxy) is 1. The summed E-state index contributed by atoms with van der Waals surface area (Å²) in [5, 5.41) is 2.98. The number of nitrogens with one attached hydrogen (secondary N) is 2. The van der Waals surface area contributed by atoms with Crippen molar-refractivity contribution in [3.05, 3.63) is 95.6 Å². The molecule has 2 N–H and O–H groups in total. The second-order valence-corrected chi connectivity index (χ2v) is 11.3. The van der Waals surface area contributed by atoms with Crippen molar-refractivity contribution in [1.82, 2.24) is 14.9 Å². The lowest BCUT2D eigenvalue weighted by molar-refractivity contribution is -0.141. The number of rotatable bonds is 15. The number of sulfonamides is 1. The third kappa shape index (κ3) is 8.93. The fraction of sp³-hybridized carbons (Fsp3) is 0.355. The van der Waals surface area contributed by atoms with Gasteiger partial charge in [0.15, 0.2) is 0 Å². The number of methoxy groups -OCH3 is 1. The molecule has 0 bridgehead atoms. The van der Waals surface area contributed by atoms with Crippen molar-refractivity contribution in [3.8, 4) is 5.75 Å². The molecular weight excluding hydrogens is 526 g/mol. The van der Waals surface area contributed by atoms with Crippen LogP contribution in [0.5, 0.6) is 5.75 Å². The predicted molar refractivity (Wildman–Crippen MR) is 156 cm³/mol. The summed E-state index contributed by atoms with van der Waals surface area (Å²) in [6.07, 6.45) is 1.75. The fourth-order valence-electron chi connectivity index (χ4n) is 4.35. The van der Waals surface area contributed by atoms with Crippen LogP contribution in [-0.4, -0.2) is 51.4 Å². The second kappa shape index (κ2) is 15.2. The van der Waals surface area contributed by atoms with E-state index in [9.17, 15) is 18.0 Å². The highest BCUT2D eigenvalue weighted by molar-refractivity contribution is 7.89. The topological polar surface area (TPSA) is 105 Å². The summed E-state index contributed by atoms with van der Waals surface area (Å²) in [4.78, 5) is 29.0. The van der Waals surface area contributed by atoms with Crippen LogP contribution in [0.3, 0.4) is 0 Å². The van der Waals surface area contributed by atoms with E-state index in [1.54, 1.807) is 43.2 Å². The van der Waals surface area contributed by atoms with Crippen molar-refractivity contribution in [2.75, 3.05) is 20.2 Å². The molecule has 3 aromatic carbocycles. The Morgan fingerprint density at radius 2 is 1.52 bits per heavy atom. The van der Waals surface area contributed by atoms with Crippen LogP contribution in [-0.2, 0) is 39.0 Å². The number of amides is 2. The zero-order valence-corrected chi connectivity index (χ0v) is 24.2. The molecule has 0 radical (unpaired) electrons. The SMILES string of the molecule is CCCNC(=O)[C@@H](Cc1ccccc1)N(Cc1ccc(OC)cc1)C(=O)CCc1ccc(S(=O)(=O)NCC)cc1. The van der Waals surface area contributed by atoms with Crippen LogP contribution in [0.15, 0.2) is 83.8 Å². The summed E-state index contributed by atoms with van der Waals surface area (Å²) in [5.41, 5.74) is 2.68. The molecule has 0 fully saturated rings. The van der Waals surface area contributed by atoms with Gasteiger partial charge in [0.2, 0.25) is 21.8 Å². The first-order chi connectivity index (χ1) is 19.3. The molecule has 214 valence electrons. The maximum atomic E-state index is 13.8. The Hall–Kier alpha value is -3.69. The number of nitrogens with zero attached hydrogens (tertiary/aromatic N) is 1. The van der Waals surface area contributed by atoms with Crippen LogP contribution >= 0.6 is 0 Å². The van der Waals surface area contributed by atoms with Gasteiger partial charge in [-0.3, -0.25) is 9.59 Å². The minimum Gasteiger partial charge on any atom is -0.497 e. The minimum absolute atomic E-state index is 0.159. The highest BCUT2D eigenvalue weighted by Gasteiger charge is 2.30. The van der Waals surface area contributed by atoms with Crippen molar-refractivity contribution in [1.29, 1.82) is 0 Å². The van der Waals surface area contributed by atoms with Crippen molar-refractivity contribution < 1.29 is 22.7 Å². The summed E-state index contributed by atoms with van der Waals surface area (Å²) in [5.74, 6) is 0.362. The van der Waals surface area contributed by atoms with E-state index in [0.717, 1.165) is 23.1 Å². The van der Waals surface area contributed by atoms with E-state index in [1.165, 1.54) is 0 Å². The standard InChI is InChI=1S/C31H39N3O5S/c1-4-21-32-31(36)29(22-25-9-7-6-8-10-25)34(23-26-11-16-27(39-3)17-12-26)30(35)20-15-24-13-18-28(19-14-24)40(37,38)33-5-2/h6-14,16-19,29,33H,4-5,15,20-23H2,1-3H3,(H,32,36)/t29-/m1/s1. The zero-order valence-electron chi connectivity index (χ0n) is 23.4. The molecule has 0 saturated carbocycles. The van der Waals surface area contributed by atoms with Crippen LogP contribution in [0.4, 0.5) is 0 Å². The van der Waals surface area contributed by atoms with Crippen LogP contribution in [0.2, 0.25) is 0 Å². The van der Waals surface area contributed by atoms with Crippen LogP contribution in [0.25, 0.3) is 0 Å². The lowest BCUT2D eigenvalue weighted by Crippen LogP contribution is -2.50. The molecule has 3 aromatic rings. The Labute approximate surface area is 237 Å². The van der Waals surface area contributed by atoms with E-state index in [2.05, 4.69) is 10.0 Å². The normalized spacial score (nSPS) is 12.0. The molecule has 40 heavy (non-hydrogen) atoms. The van der Waals surface area contributed by atoms with E-state index < -0.39 is 16.1 Å². The van der Waals surface area contributed by atoms with Gasteiger partial charge >= 0.3 is 0 Å². The monoisotopic (exact) mass is 565 g/mol. The van der Waals surface area contributed by atoms with Crippen LogP contribution in [0.1, 0.15) is 43.4 Å². The molecule has 3 rings (SSSR count). The predicted octanol–water partition coefficient (Wildman–Crippen LogP) is 4.09. The van der Waals surface area contributed by atoms with E-state index in [4.69, 9.17) is 4.74 Å². The lowest BCUT2D eigenvalue weighted by Gasteiger charge is -2.31. The first-order valence-electron chi connectivity index (χ1n) is 13.6. The Morgan fingerprint density at radius 1 is 0.875 bits per heavy atom. The van der Waals surface area contributed by atoms with Gasteiger partial charge in [-0.25, -0.2) is 13.1 Å². The van der Waals surface area contributed by atoms with Gasteiger partial charge in [0.05, 0.1) is 12.0 Å². The molecule has 0 aromatic heterocycles. The smallest absolute Gasteiger partial charge is 0.243 e. The quantitative estimate of drug-likeness (QED) is 0.289. The first-order valence-corrected chi connectivity index (χ1v) is 15.1. The molecule has 0 unspecified atom stereocenters. The van der Waals surface area contributed by atoms with E-state index in [1.807, 2.05) is 61.5 Å². The molecular formula is C31H39N3O5S. The maximum absolute atomic E-state index is 13.8. The molecule has 2 amide bonds. The van der Waals surface area contributed by atoms with Gasteiger partial charge in [0, 0.05) is 32.5 Å². The molecule has 0 heterocycles. The van der Waals surface area contributed by atoms with Gasteiger partial charge in [-0.1, -0.05) is 68.4 Å². The molecule has 0 aliphatic carbocycles. The van der Waals surface area contributed by atoms with Gasteiger partial charge in [-0.05, 0) is 53.8 Å².